The molecule has 1 N–H and O–H groups in total. The van der Waals surface area contributed by atoms with Gasteiger partial charge in [0, 0.05) is 50.1 Å². The fourth-order valence-corrected chi connectivity index (χ4v) is 3.08. The van der Waals surface area contributed by atoms with E-state index in [9.17, 15) is 9.59 Å². The van der Waals surface area contributed by atoms with E-state index in [-0.39, 0.29) is 17.7 Å². The fourth-order valence-electron chi connectivity index (χ4n) is 3.08. The van der Waals surface area contributed by atoms with Gasteiger partial charge in [0.2, 0.25) is 5.91 Å². The summed E-state index contributed by atoms with van der Waals surface area (Å²) in [6.07, 6.45) is 6.97. The van der Waals surface area contributed by atoms with Gasteiger partial charge in [-0.25, -0.2) is 4.98 Å². The second-order valence-electron chi connectivity index (χ2n) is 6.29. The molecule has 1 unspecified atom stereocenters. The number of rotatable bonds is 3. The maximum atomic E-state index is 12.8. The van der Waals surface area contributed by atoms with Gasteiger partial charge in [-0.2, -0.15) is 0 Å². The molecule has 130 valence electrons. The zero-order valence-corrected chi connectivity index (χ0v) is 14.4. The van der Waals surface area contributed by atoms with Gasteiger partial charge in [0.25, 0.3) is 5.91 Å². The van der Waals surface area contributed by atoms with Gasteiger partial charge in [-0.3, -0.25) is 19.6 Å². The van der Waals surface area contributed by atoms with E-state index in [1.54, 1.807) is 24.5 Å². The SMILES string of the molecule is CC(=O)Nc1cc(C(=O)N2CCCC(c3cncc(C)n3)C2)ccn1. The van der Waals surface area contributed by atoms with Crippen LogP contribution in [0, 0.1) is 6.92 Å². The summed E-state index contributed by atoms with van der Waals surface area (Å²) in [5, 5.41) is 2.60. The molecule has 0 saturated carbocycles. The summed E-state index contributed by atoms with van der Waals surface area (Å²) in [4.78, 5) is 38.7. The molecule has 1 aliphatic heterocycles. The van der Waals surface area contributed by atoms with Crippen LogP contribution in [0.3, 0.4) is 0 Å². The molecule has 2 amide bonds. The quantitative estimate of drug-likeness (QED) is 0.926. The first-order valence-electron chi connectivity index (χ1n) is 8.34. The van der Waals surface area contributed by atoms with E-state index in [1.165, 1.54) is 13.1 Å². The molecule has 25 heavy (non-hydrogen) atoms. The lowest BCUT2D eigenvalue weighted by Crippen LogP contribution is -2.39. The van der Waals surface area contributed by atoms with Crippen molar-refractivity contribution in [3.63, 3.8) is 0 Å². The van der Waals surface area contributed by atoms with E-state index < -0.39 is 0 Å². The van der Waals surface area contributed by atoms with Crippen molar-refractivity contribution in [2.75, 3.05) is 18.4 Å². The minimum Gasteiger partial charge on any atom is -0.338 e. The Morgan fingerprint density at radius 2 is 2.16 bits per heavy atom. The van der Waals surface area contributed by atoms with Gasteiger partial charge in [-0.1, -0.05) is 0 Å². The molecular formula is C18H21N5O2. The highest BCUT2D eigenvalue weighted by molar-refractivity contribution is 5.96. The number of nitrogens with one attached hydrogen (secondary N) is 1. The van der Waals surface area contributed by atoms with Crippen LogP contribution in [-0.4, -0.2) is 44.8 Å². The Labute approximate surface area is 146 Å². The number of aryl methyl sites for hydroxylation is 1. The van der Waals surface area contributed by atoms with Crippen LogP contribution in [0.5, 0.6) is 0 Å². The molecule has 1 saturated heterocycles. The molecule has 0 aromatic carbocycles. The second kappa shape index (κ2) is 7.38. The van der Waals surface area contributed by atoms with Crippen molar-refractivity contribution in [3.05, 3.63) is 47.7 Å². The number of likely N-dealkylation sites (tertiary alicyclic amines) is 1. The highest BCUT2D eigenvalue weighted by Crippen LogP contribution is 2.26. The van der Waals surface area contributed by atoms with Gasteiger partial charge in [0.15, 0.2) is 0 Å². The van der Waals surface area contributed by atoms with Crippen molar-refractivity contribution in [3.8, 4) is 0 Å². The number of hydrogen-bond acceptors (Lipinski definition) is 5. The number of pyridine rings is 1. The van der Waals surface area contributed by atoms with E-state index >= 15 is 0 Å². The predicted octanol–water partition coefficient (Wildman–Crippen LogP) is 2.16. The minimum absolute atomic E-state index is 0.0562. The first kappa shape index (κ1) is 17.0. The topological polar surface area (TPSA) is 88.1 Å². The van der Waals surface area contributed by atoms with Gasteiger partial charge in [-0.15, -0.1) is 0 Å². The summed E-state index contributed by atoms with van der Waals surface area (Å²) in [5.41, 5.74) is 2.34. The average molecular weight is 339 g/mol. The van der Waals surface area contributed by atoms with Gasteiger partial charge in [0.05, 0.1) is 11.4 Å². The molecular weight excluding hydrogens is 318 g/mol. The molecule has 0 radical (unpaired) electrons. The number of carbonyl (C=O) groups is 2. The zero-order valence-electron chi connectivity index (χ0n) is 14.4. The van der Waals surface area contributed by atoms with Crippen molar-refractivity contribution >= 4 is 17.6 Å². The van der Waals surface area contributed by atoms with Crippen molar-refractivity contribution < 1.29 is 9.59 Å². The summed E-state index contributed by atoms with van der Waals surface area (Å²) in [6, 6.07) is 3.28. The van der Waals surface area contributed by atoms with Gasteiger partial charge in [-0.05, 0) is 31.9 Å². The number of amides is 2. The standard InChI is InChI=1S/C18H21N5O2/c1-12-9-19-10-16(21-12)15-4-3-7-23(11-15)18(25)14-5-6-20-17(8-14)22-13(2)24/h5-6,8-10,15H,3-4,7,11H2,1-2H3,(H,20,22,24). The Hall–Kier alpha value is -2.83. The lowest BCUT2D eigenvalue weighted by molar-refractivity contribution is -0.114. The number of hydrogen-bond donors (Lipinski definition) is 1. The summed E-state index contributed by atoms with van der Waals surface area (Å²) in [5.74, 6) is 0.311. The fraction of sp³-hybridized carbons (Fsp3) is 0.389. The Bertz CT molecular complexity index is 793. The van der Waals surface area contributed by atoms with E-state index in [2.05, 4.69) is 20.3 Å². The van der Waals surface area contributed by atoms with Crippen molar-refractivity contribution in [2.45, 2.75) is 32.6 Å². The van der Waals surface area contributed by atoms with Crippen LogP contribution >= 0.6 is 0 Å². The summed E-state index contributed by atoms with van der Waals surface area (Å²) in [6.45, 7) is 4.66. The molecule has 0 aliphatic carbocycles. The van der Waals surface area contributed by atoms with E-state index in [0.29, 0.717) is 24.5 Å². The van der Waals surface area contributed by atoms with E-state index in [4.69, 9.17) is 0 Å². The van der Waals surface area contributed by atoms with Crippen LogP contribution in [0.1, 0.15) is 47.4 Å². The Morgan fingerprint density at radius 3 is 2.92 bits per heavy atom. The molecule has 0 spiro atoms. The van der Waals surface area contributed by atoms with Crippen LogP contribution in [0.2, 0.25) is 0 Å². The van der Waals surface area contributed by atoms with Crippen molar-refractivity contribution in [1.29, 1.82) is 0 Å². The lowest BCUT2D eigenvalue weighted by atomic mass is 9.94. The molecule has 1 fully saturated rings. The molecule has 1 aliphatic rings. The maximum absolute atomic E-state index is 12.8. The van der Waals surface area contributed by atoms with Crippen LogP contribution in [-0.2, 0) is 4.79 Å². The Morgan fingerprint density at radius 1 is 1.32 bits per heavy atom. The lowest BCUT2D eigenvalue weighted by Gasteiger charge is -2.32. The van der Waals surface area contributed by atoms with Gasteiger partial charge < -0.3 is 10.2 Å². The second-order valence-corrected chi connectivity index (χ2v) is 6.29. The molecule has 7 nitrogen and oxygen atoms in total. The predicted molar refractivity (Wildman–Crippen MR) is 93.2 cm³/mol. The van der Waals surface area contributed by atoms with Crippen LogP contribution in [0.25, 0.3) is 0 Å². The smallest absolute Gasteiger partial charge is 0.254 e. The highest BCUT2D eigenvalue weighted by atomic mass is 16.2. The summed E-state index contributed by atoms with van der Waals surface area (Å²) < 4.78 is 0. The molecule has 3 heterocycles. The van der Waals surface area contributed by atoms with Gasteiger partial charge >= 0.3 is 0 Å². The zero-order chi connectivity index (χ0) is 17.8. The van der Waals surface area contributed by atoms with Crippen molar-refractivity contribution in [1.82, 2.24) is 19.9 Å². The number of piperidine rings is 1. The van der Waals surface area contributed by atoms with Crippen LogP contribution < -0.4 is 5.32 Å². The average Bonchev–Trinajstić information content (AvgIpc) is 2.61. The number of aromatic nitrogens is 3. The number of anilines is 1. The van der Waals surface area contributed by atoms with E-state index in [0.717, 1.165) is 24.2 Å². The van der Waals surface area contributed by atoms with Crippen molar-refractivity contribution in [2.24, 2.45) is 0 Å². The highest BCUT2D eigenvalue weighted by Gasteiger charge is 2.26. The molecule has 0 bridgehead atoms. The molecule has 2 aromatic rings. The number of carbonyl (C=O) groups excluding carboxylic acids is 2. The largest absolute Gasteiger partial charge is 0.338 e. The number of nitrogens with zero attached hydrogens (tertiary/aromatic N) is 4. The monoisotopic (exact) mass is 339 g/mol. The Kier molecular flexibility index (Phi) is 5.02. The third-order valence-corrected chi connectivity index (χ3v) is 4.21. The molecule has 2 aromatic heterocycles. The molecule has 3 rings (SSSR count). The summed E-state index contributed by atoms with van der Waals surface area (Å²) in [7, 11) is 0. The normalized spacial score (nSPS) is 17.2. The summed E-state index contributed by atoms with van der Waals surface area (Å²) >= 11 is 0. The molecule has 1 atom stereocenters. The van der Waals surface area contributed by atoms with Crippen LogP contribution in [0.4, 0.5) is 5.82 Å². The van der Waals surface area contributed by atoms with Crippen LogP contribution in [0.15, 0.2) is 30.7 Å². The third-order valence-electron chi connectivity index (χ3n) is 4.21. The first-order valence-corrected chi connectivity index (χ1v) is 8.34. The van der Waals surface area contributed by atoms with E-state index in [1.807, 2.05) is 11.8 Å². The maximum Gasteiger partial charge on any atom is 0.254 e. The van der Waals surface area contributed by atoms with Gasteiger partial charge in [0.1, 0.15) is 5.82 Å². The Balaban J connectivity index is 1.75. The minimum atomic E-state index is -0.215. The third kappa shape index (κ3) is 4.17. The first-order chi connectivity index (χ1) is 12.0. The molecule has 7 heteroatoms.